The lowest BCUT2D eigenvalue weighted by atomic mass is 10.2. The minimum atomic E-state index is 0.0689. The third kappa shape index (κ3) is 4.19. The van der Waals surface area contributed by atoms with Crippen molar-refractivity contribution in [2.24, 2.45) is 4.99 Å². The molecule has 0 spiro atoms. The highest BCUT2D eigenvalue weighted by Gasteiger charge is 2.01. The maximum Gasteiger partial charge on any atom is 0.197 e. The number of methoxy groups -OCH3 is 1. The molecule has 0 unspecified atom stereocenters. The van der Waals surface area contributed by atoms with E-state index in [2.05, 4.69) is 10.3 Å². The van der Waals surface area contributed by atoms with Crippen molar-refractivity contribution in [1.29, 1.82) is 0 Å². The van der Waals surface area contributed by atoms with Gasteiger partial charge in [0.2, 0.25) is 0 Å². The van der Waals surface area contributed by atoms with Gasteiger partial charge in [0.15, 0.2) is 16.6 Å². The zero-order chi connectivity index (χ0) is 15.2. The van der Waals surface area contributed by atoms with Crippen LogP contribution in [0.25, 0.3) is 0 Å². The van der Waals surface area contributed by atoms with Crippen molar-refractivity contribution in [2.75, 3.05) is 12.4 Å². The van der Waals surface area contributed by atoms with E-state index in [1.807, 2.05) is 0 Å². The number of phenols is 2. The number of nitrogens with one attached hydrogen (secondary N) is 1. The molecule has 5 nitrogen and oxygen atoms in total. The van der Waals surface area contributed by atoms with E-state index < -0.39 is 0 Å². The van der Waals surface area contributed by atoms with Crippen molar-refractivity contribution >= 4 is 29.2 Å². The van der Waals surface area contributed by atoms with E-state index in [1.54, 1.807) is 42.6 Å². The normalized spacial score (nSPS) is 10.5. The monoisotopic (exact) mass is 302 g/mol. The fourth-order valence-electron chi connectivity index (χ4n) is 1.61. The fraction of sp³-hybridized carbons (Fsp3) is 0.0667. The van der Waals surface area contributed by atoms with Crippen molar-refractivity contribution in [3.63, 3.8) is 0 Å². The molecule has 0 amide bonds. The average Bonchev–Trinajstić information content (AvgIpc) is 2.49. The fourth-order valence-corrected chi connectivity index (χ4v) is 1.78. The van der Waals surface area contributed by atoms with Gasteiger partial charge in [-0.05, 0) is 60.2 Å². The molecule has 0 heterocycles. The largest absolute Gasteiger partial charge is 0.508 e. The Balaban J connectivity index is 2.03. The number of rotatable bonds is 3. The molecular formula is C15H14N2O3S. The molecule has 0 bridgehead atoms. The van der Waals surface area contributed by atoms with Crippen molar-refractivity contribution in [1.82, 2.24) is 0 Å². The van der Waals surface area contributed by atoms with Crippen LogP contribution in [0.2, 0.25) is 0 Å². The molecule has 0 fully saturated rings. The van der Waals surface area contributed by atoms with E-state index in [0.29, 0.717) is 5.75 Å². The minimum absolute atomic E-state index is 0.0689. The molecule has 108 valence electrons. The van der Waals surface area contributed by atoms with Crippen molar-refractivity contribution in [3.8, 4) is 17.2 Å². The number of hydrogen-bond donors (Lipinski definition) is 3. The lowest BCUT2D eigenvalue weighted by Gasteiger charge is -2.05. The molecule has 21 heavy (non-hydrogen) atoms. The van der Waals surface area contributed by atoms with E-state index in [-0.39, 0.29) is 16.6 Å². The first-order chi connectivity index (χ1) is 10.1. The Morgan fingerprint density at radius 3 is 2.57 bits per heavy atom. The predicted octanol–water partition coefficient (Wildman–Crippen LogP) is 2.92. The molecule has 3 N–H and O–H groups in total. The van der Waals surface area contributed by atoms with Crippen LogP contribution in [-0.2, 0) is 0 Å². The second-order valence-corrected chi connectivity index (χ2v) is 4.55. The van der Waals surface area contributed by atoms with Gasteiger partial charge < -0.3 is 20.3 Å². The molecule has 0 aliphatic heterocycles. The van der Waals surface area contributed by atoms with Crippen LogP contribution in [0.5, 0.6) is 17.2 Å². The molecule has 0 aliphatic carbocycles. The molecule has 2 aromatic carbocycles. The summed E-state index contributed by atoms with van der Waals surface area (Å²) in [4.78, 5) is 4.11. The second kappa shape index (κ2) is 6.71. The van der Waals surface area contributed by atoms with E-state index >= 15 is 0 Å². The lowest BCUT2D eigenvalue weighted by Crippen LogP contribution is -2.06. The second-order valence-electron chi connectivity index (χ2n) is 4.17. The molecule has 6 heteroatoms. The van der Waals surface area contributed by atoms with Gasteiger partial charge in [0.05, 0.1) is 7.11 Å². The number of hydrogen-bond acceptors (Lipinski definition) is 4. The summed E-state index contributed by atoms with van der Waals surface area (Å²) in [5.41, 5.74) is 1.48. The van der Waals surface area contributed by atoms with E-state index in [9.17, 15) is 10.2 Å². The number of ether oxygens (including phenoxy) is 1. The van der Waals surface area contributed by atoms with Crippen LogP contribution >= 0.6 is 12.2 Å². The molecular weight excluding hydrogens is 288 g/mol. The number of nitrogens with zero attached hydrogens (tertiary/aromatic N) is 1. The number of aliphatic imine (C=N–C) groups is 1. The minimum Gasteiger partial charge on any atom is -0.508 e. The molecule has 0 atom stereocenters. The predicted molar refractivity (Wildman–Crippen MR) is 86.6 cm³/mol. The molecule has 0 radical (unpaired) electrons. The SMILES string of the molecule is COc1cc(/C=N/C(=S)Nc2ccc(O)cc2)ccc1O. The van der Waals surface area contributed by atoms with Gasteiger partial charge in [-0.15, -0.1) is 0 Å². The van der Waals surface area contributed by atoms with Gasteiger partial charge in [-0.25, -0.2) is 4.99 Å². The topological polar surface area (TPSA) is 74.1 Å². The molecule has 2 aromatic rings. The molecule has 2 rings (SSSR count). The van der Waals surface area contributed by atoms with Gasteiger partial charge in [0.25, 0.3) is 0 Å². The molecule has 0 saturated carbocycles. The summed E-state index contributed by atoms with van der Waals surface area (Å²) >= 11 is 5.10. The highest BCUT2D eigenvalue weighted by Crippen LogP contribution is 2.25. The van der Waals surface area contributed by atoms with Gasteiger partial charge in [-0.1, -0.05) is 0 Å². The van der Waals surface area contributed by atoms with Gasteiger partial charge in [0, 0.05) is 11.9 Å². The zero-order valence-corrected chi connectivity index (χ0v) is 12.1. The third-order valence-electron chi connectivity index (χ3n) is 2.65. The highest BCUT2D eigenvalue weighted by molar-refractivity contribution is 7.80. The number of aromatic hydroxyl groups is 2. The summed E-state index contributed by atoms with van der Waals surface area (Å²) in [5, 5.41) is 21.9. The summed E-state index contributed by atoms with van der Waals surface area (Å²) in [6.45, 7) is 0. The van der Waals surface area contributed by atoms with Crippen LogP contribution < -0.4 is 10.1 Å². The highest BCUT2D eigenvalue weighted by atomic mass is 32.1. The Bertz CT molecular complexity index is 669. The Morgan fingerprint density at radius 2 is 1.90 bits per heavy atom. The molecule has 0 aromatic heterocycles. The first-order valence-corrected chi connectivity index (χ1v) is 6.50. The van der Waals surface area contributed by atoms with Crippen molar-refractivity contribution < 1.29 is 14.9 Å². The maximum absolute atomic E-state index is 9.50. The van der Waals surface area contributed by atoms with Crippen LogP contribution in [0.4, 0.5) is 5.69 Å². The zero-order valence-electron chi connectivity index (χ0n) is 11.3. The van der Waals surface area contributed by atoms with Crippen molar-refractivity contribution in [2.45, 2.75) is 0 Å². The number of anilines is 1. The van der Waals surface area contributed by atoms with Gasteiger partial charge in [-0.2, -0.15) is 0 Å². The summed E-state index contributed by atoms with van der Waals surface area (Å²) in [6.07, 6.45) is 1.57. The first-order valence-electron chi connectivity index (χ1n) is 6.09. The standard InChI is InChI=1S/C15H14N2O3S/c1-20-14-8-10(2-7-13(14)19)9-16-15(21)17-11-3-5-12(18)6-4-11/h2-9,18-19H,1H3,(H,17,21)/b16-9+. The van der Waals surface area contributed by atoms with Crippen LogP contribution in [-0.4, -0.2) is 28.6 Å². The third-order valence-corrected chi connectivity index (χ3v) is 2.86. The average molecular weight is 302 g/mol. The van der Waals surface area contributed by atoms with E-state index in [0.717, 1.165) is 11.3 Å². The van der Waals surface area contributed by atoms with Gasteiger partial charge >= 0.3 is 0 Å². The Labute approximate surface area is 127 Å². The van der Waals surface area contributed by atoms with Gasteiger partial charge in [-0.3, -0.25) is 0 Å². The summed E-state index contributed by atoms with van der Waals surface area (Å²) in [7, 11) is 1.48. The molecule has 0 aliphatic rings. The van der Waals surface area contributed by atoms with Crippen molar-refractivity contribution in [3.05, 3.63) is 48.0 Å². The van der Waals surface area contributed by atoms with Crippen LogP contribution in [0.15, 0.2) is 47.5 Å². The van der Waals surface area contributed by atoms with Crippen LogP contribution in [0.1, 0.15) is 5.56 Å². The van der Waals surface area contributed by atoms with Crippen LogP contribution in [0.3, 0.4) is 0 Å². The van der Waals surface area contributed by atoms with Crippen LogP contribution in [0, 0.1) is 0 Å². The quantitative estimate of drug-likeness (QED) is 0.462. The Hall–Kier alpha value is -2.60. The van der Waals surface area contributed by atoms with E-state index in [4.69, 9.17) is 17.0 Å². The Kier molecular flexibility index (Phi) is 4.73. The Morgan fingerprint density at radius 1 is 1.19 bits per heavy atom. The maximum atomic E-state index is 9.50. The van der Waals surface area contributed by atoms with E-state index in [1.165, 1.54) is 13.2 Å². The summed E-state index contributed by atoms with van der Waals surface area (Å²) in [6, 6.07) is 11.4. The molecule has 0 saturated heterocycles. The number of phenolic OH excluding ortho intramolecular Hbond substituents is 2. The number of thiocarbonyl (C=S) groups is 1. The first kappa shape index (κ1) is 14.8. The summed E-state index contributed by atoms with van der Waals surface area (Å²) in [5.74, 6) is 0.627. The smallest absolute Gasteiger partial charge is 0.197 e. The van der Waals surface area contributed by atoms with Gasteiger partial charge in [0.1, 0.15) is 5.75 Å². The number of benzene rings is 2. The lowest BCUT2D eigenvalue weighted by molar-refractivity contribution is 0.373. The summed E-state index contributed by atoms with van der Waals surface area (Å²) < 4.78 is 5.02.